The van der Waals surface area contributed by atoms with Crippen molar-refractivity contribution in [3.8, 4) is 5.75 Å². The maximum atomic E-state index is 10.8. The van der Waals surface area contributed by atoms with Crippen LogP contribution in [-0.4, -0.2) is 22.2 Å². The van der Waals surface area contributed by atoms with Crippen LogP contribution in [0.4, 0.5) is 0 Å². The van der Waals surface area contributed by atoms with Crippen LogP contribution < -0.4 is 0 Å². The minimum absolute atomic E-state index is 0.0412. The van der Waals surface area contributed by atoms with Gasteiger partial charge in [0.1, 0.15) is 18.8 Å². The normalized spacial score (nSPS) is 9.60. The number of carbonyl (C=O) groups is 2. The minimum Gasteiger partial charge on any atom is -0.508 e. The lowest BCUT2D eigenvalue weighted by atomic mass is 10.2. The molecule has 1 aromatic carbocycles. The highest BCUT2D eigenvalue weighted by atomic mass is 16.5. The van der Waals surface area contributed by atoms with Crippen molar-refractivity contribution in [2.75, 3.05) is 0 Å². The van der Waals surface area contributed by atoms with Crippen molar-refractivity contribution in [3.63, 3.8) is 0 Å². The molecule has 0 atom stereocenters. The van der Waals surface area contributed by atoms with Crippen molar-refractivity contribution in [2.24, 2.45) is 0 Å². The maximum Gasteiger partial charge on any atom is 0.317 e. The van der Waals surface area contributed by atoms with Crippen LogP contribution in [0.5, 0.6) is 5.75 Å². The summed E-state index contributed by atoms with van der Waals surface area (Å²) in [6, 6.07) is 6.19. The van der Waals surface area contributed by atoms with E-state index in [9.17, 15) is 9.59 Å². The number of phenols is 1. The van der Waals surface area contributed by atoms with Crippen molar-refractivity contribution < 1.29 is 24.5 Å². The van der Waals surface area contributed by atoms with Gasteiger partial charge in [-0.25, -0.2) is 0 Å². The molecule has 0 unspecified atom stereocenters. The van der Waals surface area contributed by atoms with Gasteiger partial charge in [0, 0.05) is 0 Å². The molecule has 0 aromatic heterocycles. The fourth-order valence-corrected chi connectivity index (χ4v) is 0.985. The highest BCUT2D eigenvalue weighted by molar-refractivity contribution is 5.90. The molecule has 80 valence electrons. The van der Waals surface area contributed by atoms with Crippen molar-refractivity contribution in [2.45, 2.75) is 13.0 Å². The van der Waals surface area contributed by atoms with E-state index < -0.39 is 18.4 Å². The predicted octanol–water partition coefficient (Wildman–Crippen LogP) is 0.910. The number of hydrogen-bond acceptors (Lipinski definition) is 4. The number of carbonyl (C=O) groups excluding carboxylic acids is 1. The Morgan fingerprint density at radius 2 is 2.07 bits per heavy atom. The lowest BCUT2D eigenvalue weighted by molar-refractivity contribution is -0.152. The van der Waals surface area contributed by atoms with E-state index in [1.54, 1.807) is 12.1 Å². The summed E-state index contributed by atoms with van der Waals surface area (Å²) in [6.07, 6.45) is -0.654. The Morgan fingerprint density at radius 1 is 1.33 bits per heavy atom. The van der Waals surface area contributed by atoms with Gasteiger partial charge in [0.2, 0.25) is 0 Å². The zero-order valence-electron chi connectivity index (χ0n) is 7.84. The van der Waals surface area contributed by atoms with Crippen LogP contribution in [-0.2, 0) is 20.9 Å². The number of carboxylic acid groups (broad SMARTS) is 1. The van der Waals surface area contributed by atoms with Crippen LogP contribution >= 0.6 is 0 Å². The summed E-state index contributed by atoms with van der Waals surface area (Å²) in [4.78, 5) is 21.0. The van der Waals surface area contributed by atoms with Crippen LogP contribution in [0.15, 0.2) is 24.3 Å². The molecule has 2 N–H and O–H groups in total. The van der Waals surface area contributed by atoms with Crippen molar-refractivity contribution >= 4 is 11.9 Å². The van der Waals surface area contributed by atoms with Crippen LogP contribution in [0, 0.1) is 0 Å². The molecule has 0 radical (unpaired) electrons. The zero-order chi connectivity index (χ0) is 11.3. The number of ether oxygens (including phenoxy) is 1. The molecular formula is C10H10O5. The van der Waals surface area contributed by atoms with Gasteiger partial charge in [-0.1, -0.05) is 12.1 Å². The summed E-state index contributed by atoms with van der Waals surface area (Å²) in [5.74, 6) is -1.96. The third-order valence-corrected chi connectivity index (χ3v) is 1.61. The molecular weight excluding hydrogens is 200 g/mol. The number of phenolic OH excluding ortho intramolecular Hbond substituents is 1. The lowest BCUT2D eigenvalue weighted by Crippen LogP contribution is -2.10. The molecule has 5 heteroatoms. The first-order chi connectivity index (χ1) is 7.08. The third kappa shape index (κ3) is 4.12. The summed E-state index contributed by atoms with van der Waals surface area (Å²) in [6.45, 7) is -0.0412. The fourth-order valence-electron chi connectivity index (χ4n) is 0.985. The van der Waals surface area contributed by atoms with Crippen LogP contribution in [0.3, 0.4) is 0 Å². The van der Waals surface area contributed by atoms with Gasteiger partial charge in [0.15, 0.2) is 0 Å². The Bertz CT molecular complexity index is 372. The number of rotatable bonds is 4. The van der Waals surface area contributed by atoms with Gasteiger partial charge in [0.25, 0.3) is 0 Å². The summed E-state index contributed by atoms with van der Waals surface area (Å²) < 4.78 is 4.66. The average Bonchev–Trinajstić information content (AvgIpc) is 2.14. The summed E-state index contributed by atoms with van der Waals surface area (Å²) in [5.41, 5.74) is 0.605. The number of aromatic hydroxyl groups is 1. The molecule has 0 aliphatic rings. The Morgan fingerprint density at radius 3 is 2.67 bits per heavy atom. The number of benzene rings is 1. The zero-order valence-corrected chi connectivity index (χ0v) is 7.84. The van der Waals surface area contributed by atoms with Crippen LogP contribution in [0.2, 0.25) is 0 Å². The first-order valence-corrected chi connectivity index (χ1v) is 4.23. The third-order valence-electron chi connectivity index (χ3n) is 1.61. The number of esters is 1. The molecule has 0 saturated heterocycles. The standard InChI is InChI=1S/C10H10O5/c11-8-3-1-2-7(4-8)6-15-10(14)5-9(12)13/h1-4,11H,5-6H2,(H,12,13). The molecule has 0 aliphatic heterocycles. The van der Waals surface area contributed by atoms with Gasteiger partial charge in [-0.2, -0.15) is 0 Å². The average molecular weight is 210 g/mol. The Labute approximate surface area is 85.9 Å². The number of carboxylic acids is 1. The SMILES string of the molecule is O=C(O)CC(=O)OCc1cccc(O)c1. The Balaban J connectivity index is 2.43. The quantitative estimate of drug-likeness (QED) is 0.570. The first-order valence-electron chi connectivity index (χ1n) is 4.23. The molecule has 0 bridgehead atoms. The Hall–Kier alpha value is -2.04. The van der Waals surface area contributed by atoms with Crippen molar-refractivity contribution in [1.29, 1.82) is 0 Å². The molecule has 1 rings (SSSR count). The van der Waals surface area contributed by atoms with E-state index in [-0.39, 0.29) is 12.4 Å². The first kappa shape index (κ1) is 11.0. The van der Waals surface area contributed by atoms with E-state index in [0.717, 1.165) is 0 Å². The number of hydrogen-bond donors (Lipinski definition) is 2. The topological polar surface area (TPSA) is 83.8 Å². The second-order valence-corrected chi connectivity index (χ2v) is 2.90. The highest BCUT2D eigenvalue weighted by Gasteiger charge is 2.08. The molecule has 0 amide bonds. The molecule has 5 nitrogen and oxygen atoms in total. The molecule has 0 aliphatic carbocycles. The molecule has 0 spiro atoms. The van der Waals surface area contributed by atoms with Gasteiger partial charge in [-0.05, 0) is 17.7 Å². The molecule has 0 saturated carbocycles. The van der Waals surface area contributed by atoms with Gasteiger partial charge < -0.3 is 14.9 Å². The predicted molar refractivity (Wildman–Crippen MR) is 50.2 cm³/mol. The second-order valence-electron chi connectivity index (χ2n) is 2.90. The largest absolute Gasteiger partial charge is 0.508 e. The van der Waals surface area contributed by atoms with E-state index >= 15 is 0 Å². The van der Waals surface area contributed by atoms with Gasteiger partial charge >= 0.3 is 11.9 Å². The van der Waals surface area contributed by atoms with Crippen molar-refractivity contribution in [3.05, 3.63) is 29.8 Å². The number of aliphatic carboxylic acids is 1. The summed E-state index contributed by atoms with van der Waals surface area (Å²) in [7, 11) is 0. The molecule has 15 heavy (non-hydrogen) atoms. The maximum absolute atomic E-state index is 10.8. The molecule has 1 aromatic rings. The molecule has 0 heterocycles. The van der Waals surface area contributed by atoms with E-state index in [0.29, 0.717) is 5.56 Å². The summed E-state index contributed by atoms with van der Waals surface area (Å²) in [5, 5.41) is 17.4. The van der Waals surface area contributed by atoms with Crippen molar-refractivity contribution in [1.82, 2.24) is 0 Å². The summed E-state index contributed by atoms with van der Waals surface area (Å²) >= 11 is 0. The lowest BCUT2D eigenvalue weighted by Gasteiger charge is -2.03. The highest BCUT2D eigenvalue weighted by Crippen LogP contribution is 2.11. The van der Waals surface area contributed by atoms with E-state index in [2.05, 4.69) is 4.74 Å². The van der Waals surface area contributed by atoms with Gasteiger partial charge in [-0.15, -0.1) is 0 Å². The van der Waals surface area contributed by atoms with Gasteiger partial charge in [0.05, 0.1) is 0 Å². The van der Waals surface area contributed by atoms with E-state index in [1.807, 2.05) is 0 Å². The fraction of sp³-hybridized carbons (Fsp3) is 0.200. The smallest absolute Gasteiger partial charge is 0.317 e. The second kappa shape index (κ2) is 4.99. The van der Waals surface area contributed by atoms with Gasteiger partial charge in [-0.3, -0.25) is 9.59 Å². The minimum atomic E-state index is -1.23. The molecule has 0 fully saturated rings. The van der Waals surface area contributed by atoms with Crippen LogP contribution in [0.1, 0.15) is 12.0 Å². The van der Waals surface area contributed by atoms with E-state index in [4.69, 9.17) is 10.2 Å². The van der Waals surface area contributed by atoms with Crippen LogP contribution in [0.25, 0.3) is 0 Å². The monoisotopic (exact) mass is 210 g/mol. The van der Waals surface area contributed by atoms with E-state index in [1.165, 1.54) is 12.1 Å². The Kier molecular flexibility index (Phi) is 3.68.